The highest BCUT2D eigenvalue weighted by Crippen LogP contribution is 2.33. The Hall–Kier alpha value is -2.23. The number of carbonyl (C=O) groups excluding carboxylic acids is 2. The minimum absolute atomic E-state index is 0.0441. The standard InChI is InChI=1S/C21H26N2O5S2/c1-2-14-5-8-18-16(11-14)12-19(29-18)21(25)28-13-20(24)23-10-9-15-3-6-17(7-4-15)30(22,26)27/h3-4,6-7,12,14H,2,5,8-11,13H2,1H3,(H,23,24)(H2,22,26,27)/t14-/m0/s1. The summed E-state index contributed by atoms with van der Waals surface area (Å²) in [6.07, 6.45) is 4.83. The number of fused-ring (bicyclic) bond motifs is 1. The molecule has 0 spiro atoms. The molecule has 30 heavy (non-hydrogen) atoms. The molecule has 1 aromatic carbocycles. The minimum Gasteiger partial charge on any atom is -0.451 e. The van der Waals surface area contributed by atoms with Crippen molar-refractivity contribution >= 4 is 33.2 Å². The third-order valence-electron chi connectivity index (χ3n) is 5.29. The molecule has 0 saturated heterocycles. The summed E-state index contributed by atoms with van der Waals surface area (Å²) in [6.45, 7) is 2.20. The Bertz CT molecular complexity index is 1010. The Balaban J connectivity index is 1.41. The number of primary sulfonamides is 1. The van der Waals surface area contributed by atoms with Gasteiger partial charge in [-0.1, -0.05) is 25.5 Å². The lowest BCUT2D eigenvalue weighted by atomic mass is 9.87. The molecule has 1 amide bonds. The molecule has 1 aromatic heterocycles. The van der Waals surface area contributed by atoms with Crippen LogP contribution in [0.4, 0.5) is 0 Å². The fourth-order valence-corrected chi connectivity index (χ4v) is 5.11. The molecule has 0 saturated carbocycles. The van der Waals surface area contributed by atoms with Gasteiger partial charge in [-0.3, -0.25) is 4.79 Å². The van der Waals surface area contributed by atoms with E-state index in [2.05, 4.69) is 12.2 Å². The number of carbonyl (C=O) groups is 2. The lowest BCUT2D eigenvalue weighted by Crippen LogP contribution is -2.30. The van der Waals surface area contributed by atoms with Crippen LogP contribution in [0.25, 0.3) is 0 Å². The van der Waals surface area contributed by atoms with Gasteiger partial charge in [0.2, 0.25) is 10.0 Å². The molecule has 0 aliphatic heterocycles. The zero-order valence-corrected chi connectivity index (χ0v) is 18.5. The maximum Gasteiger partial charge on any atom is 0.348 e. The molecule has 3 N–H and O–H groups in total. The number of esters is 1. The number of hydrogen-bond donors (Lipinski definition) is 2. The second kappa shape index (κ2) is 9.72. The maximum absolute atomic E-state index is 12.3. The first-order valence-electron chi connectivity index (χ1n) is 9.93. The molecule has 162 valence electrons. The molecule has 0 unspecified atom stereocenters. The average Bonchev–Trinajstić information content (AvgIpc) is 3.15. The molecule has 1 aliphatic carbocycles. The molecule has 1 heterocycles. The molecule has 1 aliphatic rings. The van der Waals surface area contributed by atoms with Gasteiger partial charge in [0.15, 0.2) is 6.61 Å². The van der Waals surface area contributed by atoms with Crippen LogP contribution in [-0.2, 0) is 38.8 Å². The minimum atomic E-state index is -3.71. The van der Waals surface area contributed by atoms with Crippen molar-refractivity contribution in [2.75, 3.05) is 13.2 Å². The van der Waals surface area contributed by atoms with E-state index in [0.29, 0.717) is 23.8 Å². The Morgan fingerprint density at radius 3 is 2.67 bits per heavy atom. The van der Waals surface area contributed by atoms with Gasteiger partial charge in [-0.25, -0.2) is 18.4 Å². The van der Waals surface area contributed by atoms with Crippen molar-refractivity contribution in [3.05, 3.63) is 51.2 Å². The summed E-state index contributed by atoms with van der Waals surface area (Å²) in [5.74, 6) is -0.161. The number of ether oxygens (including phenoxy) is 1. The number of aryl methyl sites for hydroxylation is 1. The predicted molar refractivity (Wildman–Crippen MR) is 115 cm³/mol. The summed E-state index contributed by atoms with van der Waals surface area (Å²) < 4.78 is 27.6. The van der Waals surface area contributed by atoms with E-state index in [4.69, 9.17) is 9.88 Å². The van der Waals surface area contributed by atoms with E-state index in [0.717, 1.165) is 31.2 Å². The second-order valence-electron chi connectivity index (χ2n) is 7.44. The first kappa shape index (κ1) is 22.5. The summed E-state index contributed by atoms with van der Waals surface area (Å²) in [7, 11) is -3.71. The highest BCUT2D eigenvalue weighted by atomic mass is 32.2. The SMILES string of the molecule is CC[C@H]1CCc2sc(C(=O)OCC(=O)NCCc3ccc(S(N)(=O)=O)cc3)cc2C1. The van der Waals surface area contributed by atoms with Crippen molar-refractivity contribution in [2.24, 2.45) is 11.1 Å². The van der Waals surface area contributed by atoms with Gasteiger partial charge in [-0.2, -0.15) is 0 Å². The van der Waals surface area contributed by atoms with Gasteiger partial charge in [0.05, 0.1) is 4.90 Å². The Labute approximate surface area is 180 Å². The molecule has 0 bridgehead atoms. The number of hydrogen-bond acceptors (Lipinski definition) is 6. The smallest absolute Gasteiger partial charge is 0.348 e. The normalized spacial score (nSPS) is 16.0. The van der Waals surface area contributed by atoms with Crippen LogP contribution in [0.1, 0.15) is 45.4 Å². The Kier molecular flexibility index (Phi) is 7.27. The monoisotopic (exact) mass is 450 g/mol. The molecule has 0 fully saturated rings. The Morgan fingerprint density at radius 2 is 2.00 bits per heavy atom. The zero-order valence-electron chi connectivity index (χ0n) is 16.8. The quantitative estimate of drug-likeness (QED) is 0.599. The molecule has 1 atom stereocenters. The number of sulfonamides is 1. The largest absolute Gasteiger partial charge is 0.451 e. The molecule has 9 heteroatoms. The van der Waals surface area contributed by atoms with Crippen molar-refractivity contribution in [1.82, 2.24) is 5.32 Å². The topological polar surface area (TPSA) is 116 Å². The molecule has 2 aromatic rings. The first-order valence-corrected chi connectivity index (χ1v) is 12.3. The van der Waals surface area contributed by atoms with Crippen LogP contribution in [0.3, 0.4) is 0 Å². The Morgan fingerprint density at radius 1 is 1.27 bits per heavy atom. The van der Waals surface area contributed by atoms with E-state index in [1.807, 2.05) is 6.07 Å². The van der Waals surface area contributed by atoms with E-state index in [-0.39, 0.29) is 17.4 Å². The van der Waals surface area contributed by atoms with Crippen molar-refractivity contribution in [2.45, 2.75) is 43.9 Å². The third kappa shape index (κ3) is 5.90. The van der Waals surface area contributed by atoms with Crippen LogP contribution in [0.15, 0.2) is 35.2 Å². The summed E-state index contributed by atoms with van der Waals surface area (Å²) in [6, 6.07) is 8.06. The average molecular weight is 451 g/mol. The van der Waals surface area contributed by atoms with Gasteiger partial charge in [0.1, 0.15) is 4.88 Å². The van der Waals surface area contributed by atoms with Crippen LogP contribution in [0, 0.1) is 5.92 Å². The number of nitrogens with two attached hydrogens (primary N) is 1. The summed E-state index contributed by atoms with van der Waals surface area (Å²) >= 11 is 1.47. The fourth-order valence-electron chi connectivity index (χ4n) is 3.49. The van der Waals surface area contributed by atoms with E-state index < -0.39 is 16.0 Å². The molecule has 3 rings (SSSR count). The van der Waals surface area contributed by atoms with Crippen molar-refractivity contribution in [3.63, 3.8) is 0 Å². The lowest BCUT2D eigenvalue weighted by molar-refractivity contribution is -0.124. The summed E-state index contributed by atoms with van der Waals surface area (Å²) in [5, 5.41) is 7.75. The molecular formula is C21H26N2O5S2. The van der Waals surface area contributed by atoms with Crippen LogP contribution < -0.4 is 10.5 Å². The summed E-state index contributed by atoms with van der Waals surface area (Å²) in [4.78, 5) is 26.1. The maximum atomic E-state index is 12.3. The van der Waals surface area contributed by atoms with Crippen LogP contribution in [-0.4, -0.2) is 33.4 Å². The highest BCUT2D eigenvalue weighted by Gasteiger charge is 2.23. The number of nitrogens with one attached hydrogen (secondary N) is 1. The van der Waals surface area contributed by atoms with Gasteiger partial charge in [0.25, 0.3) is 5.91 Å². The van der Waals surface area contributed by atoms with Gasteiger partial charge in [0, 0.05) is 11.4 Å². The van der Waals surface area contributed by atoms with Gasteiger partial charge in [-0.05, 0) is 60.9 Å². The van der Waals surface area contributed by atoms with E-state index >= 15 is 0 Å². The van der Waals surface area contributed by atoms with E-state index in [1.165, 1.54) is 33.9 Å². The van der Waals surface area contributed by atoms with Crippen molar-refractivity contribution in [3.8, 4) is 0 Å². The zero-order chi connectivity index (χ0) is 21.7. The molecule has 0 radical (unpaired) electrons. The number of benzene rings is 1. The molecular weight excluding hydrogens is 424 g/mol. The van der Waals surface area contributed by atoms with Gasteiger partial charge < -0.3 is 10.1 Å². The second-order valence-corrected chi connectivity index (χ2v) is 10.1. The van der Waals surface area contributed by atoms with E-state index in [1.54, 1.807) is 12.1 Å². The van der Waals surface area contributed by atoms with Gasteiger partial charge >= 0.3 is 5.97 Å². The van der Waals surface area contributed by atoms with Gasteiger partial charge in [-0.15, -0.1) is 11.3 Å². The fraction of sp³-hybridized carbons (Fsp3) is 0.429. The molecule has 7 nitrogen and oxygen atoms in total. The number of thiophene rings is 1. The summed E-state index contributed by atoms with van der Waals surface area (Å²) in [5.41, 5.74) is 2.09. The van der Waals surface area contributed by atoms with Crippen LogP contribution >= 0.6 is 11.3 Å². The van der Waals surface area contributed by atoms with Crippen LogP contribution in [0.2, 0.25) is 0 Å². The highest BCUT2D eigenvalue weighted by molar-refractivity contribution is 7.89. The van der Waals surface area contributed by atoms with Crippen molar-refractivity contribution in [1.29, 1.82) is 0 Å². The first-order chi connectivity index (χ1) is 14.3. The van der Waals surface area contributed by atoms with Crippen LogP contribution in [0.5, 0.6) is 0 Å². The number of rotatable bonds is 8. The predicted octanol–water partition coefficient (Wildman–Crippen LogP) is 2.43. The number of amides is 1. The lowest BCUT2D eigenvalue weighted by Gasteiger charge is -2.19. The van der Waals surface area contributed by atoms with E-state index in [9.17, 15) is 18.0 Å². The third-order valence-corrected chi connectivity index (χ3v) is 7.43. The van der Waals surface area contributed by atoms with Crippen molar-refractivity contribution < 1.29 is 22.7 Å².